The molecule has 4 nitrogen and oxygen atoms in total. The summed E-state index contributed by atoms with van der Waals surface area (Å²) in [6.45, 7) is 4.69. The first-order valence-corrected chi connectivity index (χ1v) is 17.4. The predicted molar refractivity (Wildman–Crippen MR) is 156 cm³/mol. The zero-order valence-electron chi connectivity index (χ0n) is 25.1. The van der Waals surface area contributed by atoms with E-state index in [4.69, 9.17) is 24.9 Å². The van der Waals surface area contributed by atoms with Gasteiger partial charge in [-0.05, 0) is 19.3 Å². The van der Waals surface area contributed by atoms with Gasteiger partial charge in [-0.3, -0.25) is 0 Å². The van der Waals surface area contributed by atoms with Gasteiger partial charge >= 0.3 is 8.80 Å². The molecule has 36 heavy (non-hydrogen) atoms. The van der Waals surface area contributed by atoms with Crippen LogP contribution in [0.3, 0.4) is 0 Å². The van der Waals surface area contributed by atoms with Crippen molar-refractivity contribution in [2.75, 3.05) is 54.4 Å². The van der Waals surface area contributed by atoms with E-state index in [1.54, 1.807) is 21.3 Å². The van der Waals surface area contributed by atoms with Gasteiger partial charge in [-0.25, -0.2) is 0 Å². The monoisotopic (exact) mass is 615 g/mol. The lowest BCUT2D eigenvalue weighted by Gasteiger charge is -2.34. The average Bonchev–Trinajstić information content (AvgIpc) is 2.85. The molecule has 0 spiro atoms. The normalized spacial score (nSPS) is 13.1. The third-order valence-corrected chi connectivity index (χ3v) is 10.7. The van der Waals surface area contributed by atoms with Crippen molar-refractivity contribution in [2.24, 2.45) is 5.92 Å². The van der Waals surface area contributed by atoms with Gasteiger partial charge in [-0.2, -0.15) is 0 Å². The zero-order chi connectivity index (χ0) is 26.3. The Hall–Kier alpha value is 0.827. The van der Waals surface area contributed by atoms with Crippen molar-refractivity contribution in [1.82, 2.24) is 0 Å². The van der Waals surface area contributed by atoms with Gasteiger partial charge in [0.1, 0.15) is 0 Å². The molecule has 0 aromatic carbocycles. The molecule has 0 saturated carbocycles. The average molecular weight is 617 g/mol. The van der Waals surface area contributed by atoms with E-state index < -0.39 is 8.80 Å². The van der Waals surface area contributed by atoms with Gasteiger partial charge < -0.3 is 34.7 Å². The maximum absolute atomic E-state index is 5.98. The van der Waals surface area contributed by atoms with Gasteiger partial charge in [0.25, 0.3) is 0 Å². The van der Waals surface area contributed by atoms with Crippen LogP contribution in [0, 0.1) is 5.92 Å². The molecule has 0 fully saturated rings. The second-order valence-corrected chi connectivity index (χ2v) is 14.8. The van der Waals surface area contributed by atoms with E-state index in [-0.39, 0.29) is 17.0 Å². The first-order chi connectivity index (χ1) is 16.9. The van der Waals surface area contributed by atoms with E-state index >= 15 is 0 Å². The van der Waals surface area contributed by atoms with Crippen molar-refractivity contribution < 1.29 is 34.7 Å². The highest BCUT2D eigenvalue weighted by Gasteiger charge is 2.37. The lowest BCUT2D eigenvalue weighted by atomic mass is 9.94. The summed E-state index contributed by atoms with van der Waals surface area (Å²) in [5, 5.41) is 0. The second-order valence-electron chi connectivity index (χ2n) is 11.3. The highest BCUT2D eigenvalue weighted by atomic mass is 79.9. The van der Waals surface area contributed by atoms with Crippen LogP contribution in [0.4, 0.5) is 0 Å². The Bertz CT molecular complexity index is 448. The summed E-state index contributed by atoms with van der Waals surface area (Å²) in [4.78, 5) is 0. The van der Waals surface area contributed by atoms with Gasteiger partial charge in [-0.1, -0.05) is 96.8 Å². The lowest BCUT2D eigenvalue weighted by Crippen LogP contribution is -3.00. The zero-order valence-corrected chi connectivity index (χ0v) is 28.4. The number of quaternary nitrogens is 1. The molecule has 7 heteroatoms. The van der Waals surface area contributed by atoms with E-state index in [1.165, 1.54) is 109 Å². The summed E-state index contributed by atoms with van der Waals surface area (Å²) >= 11 is 5.98. The van der Waals surface area contributed by atoms with Gasteiger partial charge in [0.2, 0.25) is 0 Å². The smallest absolute Gasteiger partial charge is 0.500 e. The van der Waals surface area contributed by atoms with E-state index in [1.807, 2.05) is 0 Å². The Morgan fingerprint density at radius 2 is 1.06 bits per heavy atom. The largest absolute Gasteiger partial charge is 1.00 e. The molecule has 0 saturated heterocycles. The number of hydrogen-bond donors (Lipinski definition) is 0. The molecule has 0 aromatic rings. The molecule has 0 amide bonds. The number of nitrogens with zero attached hydrogens (tertiary/aromatic N) is 1. The number of unbranched alkanes of at least 4 members (excludes halogenated alkanes) is 13. The topological polar surface area (TPSA) is 27.7 Å². The Kier molecular flexibility index (Phi) is 28.2. The first-order valence-electron chi connectivity index (χ1n) is 14.9. The highest BCUT2D eigenvalue weighted by Crippen LogP contribution is 2.25. The van der Waals surface area contributed by atoms with Crippen LogP contribution in [0.2, 0.25) is 6.04 Å². The van der Waals surface area contributed by atoms with Crippen molar-refractivity contribution in [3.63, 3.8) is 0 Å². The third-order valence-electron chi connectivity index (χ3n) is 7.64. The molecule has 1 atom stereocenters. The third kappa shape index (κ3) is 21.7. The minimum absolute atomic E-state index is 0. The molecule has 1 unspecified atom stereocenters. The quantitative estimate of drug-likeness (QED) is 0.0502. The fourth-order valence-electron chi connectivity index (χ4n) is 5.40. The molecule has 0 aliphatic heterocycles. The number of rotatable bonds is 27. The summed E-state index contributed by atoms with van der Waals surface area (Å²) < 4.78 is 18.0. The van der Waals surface area contributed by atoms with Crippen molar-refractivity contribution in [3.8, 4) is 0 Å². The van der Waals surface area contributed by atoms with Crippen LogP contribution >= 0.6 is 11.6 Å². The van der Waals surface area contributed by atoms with Crippen LogP contribution in [0.5, 0.6) is 0 Å². The summed E-state index contributed by atoms with van der Waals surface area (Å²) in [5.74, 6) is 1.50. The fourth-order valence-corrected chi connectivity index (χ4v) is 7.26. The maximum atomic E-state index is 5.98. The molecule has 0 rings (SSSR count). The summed E-state index contributed by atoms with van der Waals surface area (Å²) in [6.07, 6.45) is 24.7. The van der Waals surface area contributed by atoms with E-state index in [2.05, 4.69) is 21.0 Å². The minimum atomic E-state index is -2.46. The Labute approximate surface area is 243 Å². The Morgan fingerprint density at radius 3 is 1.47 bits per heavy atom. The van der Waals surface area contributed by atoms with Crippen LogP contribution in [0.15, 0.2) is 0 Å². The first kappa shape index (κ1) is 39.0. The molecule has 0 heterocycles. The van der Waals surface area contributed by atoms with Crippen molar-refractivity contribution in [1.29, 1.82) is 0 Å². The van der Waals surface area contributed by atoms with Crippen molar-refractivity contribution >= 4 is 20.4 Å². The van der Waals surface area contributed by atoms with Gasteiger partial charge in [0.05, 0.1) is 27.2 Å². The van der Waals surface area contributed by atoms with Crippen molar-refractivity contribution in [3.05, 3.63) is 0 Å². The van der Waals surface area contributed by atoms with Crippen LogP contribution in [-0.4, -0.2) is 67.7 Å². The standard InChI is InChI=1S/C29H63ClNO3Si.BrH/c1-7-8-9-10-11-12-13-14-15-16-17-18-19-20-23-29(28-31(2,3)26-22-25-30)24-21-27-35(32-4,33-5)34-6;/h29H,7-28H2,1-6H3;1H/q+1;/p-1. The van der Waals surface area contributed by atoms with Gasteiger partial charge in [-0.15, -0.1) is 11.6 Å². The molecule has 0 N–H and O–H groups in total. The molecular weight excluding hydrogens is 554 g/mol. The Balaban J connectivity index is 0. The van der Waals surface area contributed by atoms with E-state index in [0.717, 1.165) is 41.7 Å². The van der Waals surface area contributed by atoms with Crippen LogP contribution in [-0.2, 0) is 13.3 Å². The molecule has 0 aliphatic carbocycles. The molecule has 220 valence electrons. The fraction of sp³-hybridized carbons (Fsp3) is 1.00. The molecule has 0 bridgehead atoms. The van der Waals surface area contributed by atoms with Crippen LogP contribution in [0.25, 0.3) is 0 Å². The number of hydrogen-bond acceptors (Lipinski definition) is 3. The summed E-state index contributed by atoms with van der Waals surface area (Å²) in [5.41, 5.74) is 0. The number of halogens is 2. The maximum Gasteiger partial charge on any atom is 0.500 e. The molecule has 0 radical (unpaired) electrons. The molecular formula is C29H63BrClNO3Si. The summed E-state index contributed by atoms with van der Waals surface area (Å²) in [6, 6.07) is 0.904. The van der Waals surface area contributed by atoms with Crippen LogP contribution < -0.4 is 17.0 Å². The highest BCUT2D eigenvalue weighted by molar-refractivity contribution is 6.60. The van der Waals surface area contributed by atoms with Crippen LogP contribution in [0.1, 0.15) is 122 Å². The predicted octanol–water partition coefficient (Wildman–Crippen LogP) is 5.84. The second kappa shape index (κ2) is 26.1. The lowest BCUT2D eigenvalue weighted by molar-refractivity contribution is -0.893. The van der Waals surface area contributed by atoms with Gasteiger partial charge in [0, 0.05) is 45.6 Å². The molecule has 0 aliphatic rings. The van der Waals surface area contributed by atoms with E-state index in [9.17, 15) is 0 Å². The molecule has 0 aromatic heterocycles. The SMILES string of the molecule is CCCCCCCCCCCCCCCCC(CCC[Si](OC)(OC)OC)C[N+](C)(C)CCCCl.[Br-]. The minimum Gasteiger partial charge on any atom is -1.00 e. The summed E-state index contributed by atoms with van der Waals surface area (Å²) in [7, 11) is 7.43. The van der Waals surface area contributed by atoms with E-state index in [0.29, 0.717) is 0 Å². The number of alkyl halides is 1. The Morgan fingerprint density at radius 1 is 0.639 bits per heavy atom. The van der Waals surface area contributed by atoms with Gasteiger partial charge in [0.15, 0.2) is 0 Å². The van der Waals surface area contributed by atoms with Crippen molar-refractivity contribution in [2.45, 2.75) is 129 Å².